The average Bonchev–Trinajstić information content (AvgIpc) is 3.03. The molecular weight excluding hydrogens is 463 g/mol. The molecule has 0 bridgehead atoms. The van der Waals surface area contributed by atoms with Crippen molar-refractivity contribution in [3.8, 4) is 11.1 Å². The zero-order chi connectivity index (χ0) is 24.0. The third-order valence-corrected chi connectivity index (χ3v) is 6.85. The van der Waals surface area contributed by atoms with E-state index in [9.17, 15) is 9.59 Å². The Labute approximate surface area is 202 Å². The number of anilines is 1. The fraction of sp³-hybridized carbons (Fsp3) is 0.375. The molecular formula is C24H26Cl2N4O3. The van der Waals surface area contributed by atoms with Crippen LogP contribution in [-0.4, -0.2) is 41.1 Å². The number of amides is 1. The van der Waals surface area contributed by atoms with Gasteiger partial charge in [0.25, 0.3) is 11.5 Å². The highest BCUT2D eigenvalue weighted by molar-refractivity contribution is 6.41. The Morgan fingerprint density at radius 2 is 1.85 bits per heavy atom. The maximum atomic E-state index is 13.8. The molecule has 0 atom stereocenters. The van der Waals surface area contributed by atoms with E-state index in [0.29, 0.717) is 63.4 Å². The van der Waals surface area contributed by atoms with Gasteiger partial charge in [-0.3, -0.25) is 9.59 Å². The Morgan fingerprint density at radius 3 is 2.48 bits per heavy atom. The number of H-pyrrole nitrogens is 1. The summed E-state index contributed by atoms with van der Waals surface area (Å²) in [5, 5.41) is 4.73. The van der Waals surface area contributed by atoms with Crippen molar-refractivity contribution in [2.75, 3.05) is 25.0 Å². The number of nitrogens with one attached hydrogen (secondary N) is 1. The van der Waals surface area contributed by atoms with Crippen LogP contribution in [0.1, 0.15) is 45.6 Å². The molecule has 3 heterocycles. The van der Waals surface area contributed by atoms with Crippen LogP contribution in [0.5, 0.6) is 0 Å². The minimum atomic E-state index is -0.267. The summed E-state index contributed by atoms with van der Waals surface area (Å²) in [4.78, 5) is 33.0. The molecule has 1 aliphatic rings. The van der Waals surface area contributed by atoms with Crippen molar-refractivity contribution >= 4 is 34.8 Å². The number of pyridine rings is 1. The summed E-state index contributed by atoms with van der Waals surface area (Å²) < 4.78 is 5.31. The summed E-state index contributed by atoms with van der Waals surface area (Å²) in [5.74, 6) is 0.326. The van der Waals surface area contributed by atoms with Crippen LogP contribution in [0.25, 0.3) is 11.1 Å². The van der Waals surface area contributed by atoms with Crippen LogP contribution >= 0.6 is 23.2 Å². The molecule has 33 heavy (non-hydrogen) atoms. The van der Waals surface area contributed by atoms with Gasteiger partial charge in [0.2, 0.25) is 0 Å². The average molecular weight is 489 g/mol. The van der Waals surface area contributed by atoms with E-state index in [0.717, 1.165) is 16.8 Å². The Morgan fingerprint density at radius 1 is 1.12 bits per heavy atom. The van der Waals surface area contributed by atoms with Gasteiger partial charge in [-0.2, -0.15) is 0 Å². The lowest BCUT2D eigenvalue weighted by Gasteiger charge is -2.22. The van der Waals surface area contributed by atoms with Crippen LogP contribution in [-0.2, 0) is 13.0 Å². The largest absolute Gasteiger partial charge is 0.371 e. The first-order chi connectivity index (χ1) is 15.6. The third kappa shape index (κ3) is 4.04. The zero-order valence-corrected chi connectivity index (χ0v) is 20.8. The third-order valence-electron chi connectivity index (χ3n) is 6.17. The second kappa shape index (κ2) is 8.88. The maximum Gasteiger partial charge on any atom is 0.257 e. The topological polar surface area (TPSA) is 82.4 Å². The smallest absolute Gasteiger partial charge is 0.257 e. The first-order valence-electron chi connectivity index (χ1n) is 10.8. The molecule has 0 radical (unpaired) electrons. The number of benzene rings is 1. The van der Waals surface area contributed by atoms with E-state index in [1.54, 1.807) is 17.9 Å². The number of carbonyl (C=O) groups excluding carboxylic acids is 1. The molecule has 7 nitrogen and oxygen atoms in total. The number of carbonyl (C=O) groups is 1. The fourth-order valence-electron chi connectivity index (χ4n) is 4.49. The van der Waals surface area contributed by atoms with Crippen molar-refractivity contribution in [1.82, 2.24) is 15.0 Å². The van der Waals surface area contributed by atoms with Gasteiger partial charge in [0.1, 0.15) is 5.76 Å². The molecule has 0 unspecified atom stereocenters. The molecule has 0 saturated carbocycles. The lowest BCUT2D eigenvalue weighted by molar-refractivity contribution is 0.0754. The number of fused-ring (bicyclic) bond motifs is 1. The van der Waals surface area contributed by atoms with Crippen molar-refractivity contribution in [3.05, 3.63) is 66.4 Å². The summed E-state index contributed by atoms with van der Waals surface area (Å²) in [5.41, 5.74) is 5.02. The zero-order valence-electron chi connectivity index (χ0n) is 19.3. The second-order valence-corrected chi connectivity index (χ2v) is 9.21. The van der Waals surface area contributed by atoms with Crippen LogP contribution in [0.3, 0.4) is 0 Å². The molecule has 1 amide bonds. The number of hydrogen-bond acceptors (Lipinski definition) is 5. The predicted octanol–water partition coefficient (Wildman–Crippen LogP) is 4.92. The molecule has 1 aromatic carbocycles. The number of rotatable bonds is 4. The number of aromatic nitrogens is 2. The van der Waals surface area contributed by atoms with Crippen LogP contribution in [0.4, 0.5) is 5.69 Å². The highest BCUT2D eigenvalue weighted by atomic mass is 35.5. The lowest BCUT2D eigenvalue weighted by Crippen LogP contribution is -2.36. The van der Waals surface area contributed by atoms with E-state index in [1.807, 2.05) is 38.8 Å². The highest BCUT2D eigenvalue weighted by Crippen LogP contribution is 2.44. The summed E-state index contributed by atoms with van der Waals surface area (Å²) in [7, 11) is 1.88. The summed E-state index contributed by atoms with van der Waals surface area (Å²) in [6.07, 6.45) is 0.696. The molecule has 0 saturated heterocycles. The van der Waals surface area contributed by atoms with Gasteiger partial charge >= 0.3 is 0 Å². The molecule has 2 aromatic heterocycles. The summed E-state index contributed by atoms with van der Waals surface area (Å²) in [6, 6.07) is 3.72. The van der Waals surface area contributed by atoms with Gasteiger partial charge in [0, 0.05) is 42.5 Å². The molecule has 9 heteroatoms. The Balaban J connectivity index is 1.86. The minimum absolute atomic E-state index is 0.175. The molecule has 0 aliphatic carbocycles. The van der Waals surface area contributed by atoms with Gasteiger partial charge in [-0.1, -0.05) is 35.3 Å². The van der Waals surface area contributed by atoms with Crippen molar-refractivity contribution in [3.63, 3.8) is 0 Å². The Bertz CT molecular complexity index is 1290. The molecule has 3 aromatic rings. The molecule has 4 rings (SSSR count). The SMILES string of the molecule is CCc1cc(C)[nH]c(=O)c1CN1CCN(C)c2c(Cl)cc(-c3c(C)noc3C)c(Cl)c2C1=O. The molecule has 0 spiro atoms. The summed E-state index contributed by atoms with van der Waals surface area (Å²) in [6.45, 7) is 8.62. The van der Waals surface area contributed by atoms with E-state index in [2.05, 4.69) is 10.1 Å². The van der Waals surface area contributed by atoms with Gasteiger partial charge in [-0.05, 0) is 44.9 Å². The van der Waals surface area contributed by atoms with E-state index in [1.165, 1.54) is 0 Å². The minimum Gasteiger partial charge on any atom is -0.371 e. The van der Waals surface area contributed by atoms with Crippen molar-refractivity contribution in [2.45, 2.75) is 40.7 Å². The number of aromatic amines is 1. The van der Waals surface area contributed by atoms with E-state index in [-0.39, 0.29) is 18.0 Å². The Kier molecular flexibility index (Phi) is 6.29. The van der Waals surface area contributed by atoms with Crippen LogP contribution in [0, 0.1) is 20.8 Å². The van der Waals surface area contributed by atoms with E-state index < -0.39 is 0 Å². The number of likely N-dealkylation sites (N-methyl/N-ethyl adjacent to an activating group) is 1. The number of hydrogen-bond donors (Lipinski definition) is 1. The second-order valence-electron chi connectivity index (χ2n) is 8.43. The van der Waals surface area contributed by atoms with Crippen molar-refractivity contribution in [1.29, 1.82) is 0 Å². The Hall–Kier alpha value is -2.77. The standard InChI is InChI=1S/C24H26Cl2N4O3/c1-6-15-9-12(2)27-23(31)17(15)11-30-8-7-29(5)22-18(25)10-16(21(26)20(22)24(30)32)19-13(3)28-33-14(19)4/h9-10H,6-8,11H2,1-5H3,(H,27,31). The van der Waals surface area contributed by atoms with Gasteiger partial charge < -0.3 is 19.3 Å². The van der Waals surface area contributed by atoms with Crippen LogP contribution in [0.15, 0.2) is 21.5 Å². The molecule has 174 valence electrons. The van der Waals surface area contributed by atoms with E-state index >= 15 is 0 Å². The van der Waals surface area contributed by atoms with Gasteiger partial charge in [0.15, 0.2) is 0 Å². The lowest BCUT2D eigenvalue weighted by atomic mass is 9.99. The summed E-state index contributed by atoms with van der Waals surface area (Å²) >= 11 is 13.6. The van der Waals surface area contributed by atoms with Crippen LogP contribution in [0.2, 0.25) is 10.0 Å². The van der Waals surface area contributed by atoms with Crippen molar-refractivity contribution < 1.29 is 9.32 Å². The number of aryl methyl sites for hydroxylation is 4. The van der Waals surface area contributed by atoms with Gasteiger partial charge in [-0.15, -0.1) is 0 Å². The maximum absolute atomic E-state index is 13.8. The molecule has 1 aliphatic heterocycles. The molecule has 0 fully saturated rings. The molecule has 1 N–H and O–H groups in total. The number of halogens is 2. The monoisotopic (exact) mass is 488 g/mol. The van der Waals surface area contributed by atoms with Crippen molar-refractivity contribution in [2.24, 2.45) is 0 Å². The first-order valence-corrected chi connectivity index (χ1v) is 11.6. The first kappa shape index (κ1) is 23.4. The quantitative estimate of drug-likeness (QED) is 0.563. The van der Waals surface area contributed by atoms with Gasteiger partial charge in [0.05, 0.1) is 33.5 Å². The van der Waals surface area contributed by atoms with E-state index in [4.69, 9.17) is 27.7 Å². The van der Waals surface area contributed by atoms with Gasteiger partial charge in [-0.25, -0.2) is 0 Å². The van der Waals surface area contributed by atoms with Crippen LogP contribution < -0.4 is 10.5 Å². The predicted molar refractivity (Wildman–Crippen MR) is 131 cm³/mol. The highest BCUT2D eigenvalue weighted by Gasteiger charge is 2.32. The normalized spacial score (nSPS) is 14.0. The number of nitrogens with zero attached hydrogens (tertiary/aromatic N) is 3. The fourth-order valence-corrected chi connectivity index (χ4v) is 5.16.